The second kappa shape index (κ2) is 10.7. The highest BCUT2D eigenvalue weighted by molar-refractivity contribution is 5.97. The van der Waals surface area contributed by atoms with Gasteiger partial charge in [0.05, 0.1) is 6.20 Å². The topological polar surface area (TPSA) is 132 Å². The van der Waals surface area contributed by atoms with Crippen molar-refractivity contribution in [2.45, 2.75) is 70.7 Å². The Hall–Kier alpha value is -5.64. The van der Waals surface area contributed by atoms with Crippen LogP contribution < -0.4 is 20.7 Å². The molecule has 1 aliphatic carbocycles. The van der Waals surface area contributed by atoms with E-state index < -0.39 is 23.7 Å². The van der Waals surface area contributed by atoms with Crippen molar-refractivity contribution >= 4 is 23.1 Å². The first-order valence-electron chi connectivity index (χ1n) is 17.9. The zero-order valence-electron chi connectivity index (χ0n) is 28.8. The molecule has 0 saturated carbocycles. The number of amides is 2. The van der Waals surface area contributed by atoms with Gasteiger partial charge in [0.15, 0.2) is 23.4 Å². The number of para-hydroxylation sites is 1. The number of hydrogen-bond donors (Lipinski definition) is 3. The average molecular weight is 680 g/mol. The molecular formula is C41H37N5O5. The second-order valence-corrected chi connectivity index (χ2v) is 14.7. The van der Waals surface area contributed by atoms with Crippen LogP contribution in [-0.2, 0) is 27.8 Å². The second-order valence-electron chi connectivity index (χ2n) is 14.7. The van der Waals surface area contributed by atoms with Gasteiger partial charge in [-0.15, -0.1) is 0 Å². The Kier molecular flexibility index (Phi) is 6.33. The van der Waals surface area contributed by atoms with Gasteiger partial charge in [-0.25, -0.2) is 9.97 Å². The van der Waals surface area contributed by atoms with Crippen molar-refractivity contribution in [3.05, 3.63) is 112 Å². The van der Waals surface area contributed by atoms with Crippen LogP contribution in [0, 0.1) is 11.8 Å². The van der Waals surface area contributed by atoms with Gasteiger partial charge in [-0.2, -0.15) is 0 Å². The molecular weight excluding hydrogens is 642 g/mol. The maximum absolute atomic E-state index is 14.1. The lowest BCUT2D eigenvalue weighted by molar-refractivity contribution is -0.131. The summed E-state index contributed by atoms with van der Waals surface area (Å²) in [5.74, 6) is 1.73. The van der Waals surface area contributed by atoms with Crippen molar-refractivity contribution in [1.29, 1.82) is 0 Å². The van der Waals surface area contributed by atoms with Crippen molar-refractivity contribution in [2.75, 3.05) is 5.32 Å². The van der Waals surface area contributed by atoms with Crippen LogP contribution in [0.4, 0.5) is 5.69 Å². The van der Waals surface area contributed by atoms with Gasteiger partial charge < -0.3 is 29.5 Å². The molecule has 3 N–H and O–H groups in total. The van der Waals surface area contributed by atoms with E-state index in [4.69, 9.17) is 23.5 Å². The summed E-state index contributed by atoms with van der Waals surface area (Å²) in [4.78, 5) is 37.4. The van der Waals surface area contributed by atoms with Crippen LogP contribution in [0.15, 0.2) is 75.7 Å². The SMILES string of the molecule is CC[C@H](C)C(=O)NC1Cc2ccc3c(c2)C24c5cccc(c5N[C@H]2O3)-c2cccc3c2C(=CC3)c2cnc(o2)-c2nc(oc24)[C@H](C(C)C)NC1=O. The van der Waals surface area contributed by atoms with Crippen LogP contribution >= 0.6 is 0 Å². The molecule has 10 bridgehead atoms. The molecule has 256 valence electrons. The van der Waals surface area contributed by atoms with E-state index in [1.165, 1.54) is 5.56 Å². The van der Waals surface area contributed by atoms with Gasteiger partial charge in [-0.1, -0.05) is 82.3 Å². The quantitative estimate of drug-likeness (QED) is 0.192. The van der Waals surface area contributed by atoms with Gasteiger partial charge in [0.1, 0.15) is 23.2 Å². The molecule has 2 amide bonds. The molecule has 5 aliphatic rings. The molecule has 6 heterocycles. The smallest absolute Gasteiger partial charge is 0.249 e. The number of allylic oxidation sites excluding steroid dienone is 1. The predicted molar refractivity (Wildman–Crippen MR) is 190 cm³/mol. The normalized spacial score (nSPS) is 23.5. The molecule has 5 aromatic rings. The van der Waals surface area contributed by atoms with Crippen LogP contribution in [0.5, 0.6) is 5.75 Å². The summed E-state index contributed by atoms with van der Waals surface area (Å²) in [5.41, 5.74) is 8.67. The zero-order chi connectivity index (χ0) is 34.8. The number of carbonyl (C=O) groups excluding carboxylic acids is 2. The predicted octanol–water partition coefficient (Wildman–Crippen LogP) is 6.68. The highest BCUT2D eigenvalue weighted by atomic mass is 16.5. The first-order chi connectivity index (χ1) is 24.8. The monoisotopic (exact) mass is 679 g/mol. The summed E-state index contributed by atoms with van der Waals surface area (Å²) in [6, 6.07) is 17.4. The minimum atomic E-state index is -0.998. The molecule has 10 heteroatoms. The fraction of sp³-hybridized carbons (Fsp3) is 0.317. The lowest BCUT2D eigenvalue weighted by Gasteiger charge is -2.29. The van der Waals surface area contributed by atoms with Crippen LogP contribution in [0.3, 0.4) is 0 Å². The number of carbonyl (C=O) groups is 2. The van der Waals surface area contributed by atoms with E-state index in [0.29, 0.717) is 47.6 Å². The Labute approximate surface area is 294 Å². The van der Waals surface area contributed by atoms with Crippen molar-refractivity contribution in [2.24, 2.45) is 11.8 Å². The lowest BCUT2D eigenvalue weighted by Crippen LogP contribution is -2.50. The molecule has 2 unspecified atom stereocenters. The molecule has 0 saturated heterocycles. The first-order valence-corrected chi connectivity index (χ1v) is 17.9. The fourth-order valence-corrected chi connectivity index (χ4v) is 8.60. The molecule has 0 fully saturated rings. The van der Waals surface area contributed by atoms with Crippen molar-refractivity contribution in [3.63, 3.8) is 0 Å². The Morgan fingerprint density at radius 1 is 1.04 bits per heavy atom. The fourth-order valence-electron chi connectivity index (χ4n) is 8.60. The first kappa shape index (κ1) is 30.2. The van der Waals surface area contributed by atoms with Gasteiger partial charge >= 0.3 is 0 Å². The number of rotatable bonds is 4. The number of ether oxygens (including phenoxy) is 1. The third-order valence-corrected chi connectivity index (χ3v) is 11.4. The van der Waals surface area contributed by atoms with Gasteiger partial charge in [-0.05, 0) is 47.1 Å². The van der Waals surface area contributed by atoms with E-state index in [9.17, 15) is 9.59 Å². The highest BCUT2D eigenvalue weighted by Gasteiger charge is 2.61. The summed E-state index contributed by atoms with van der Waals surface area (Å²) in [7, 11) is 0. The molecule has 51 heavy (non-hydrogen) atoms. The molecule has 10 rings (SSSR count). The Morgan fingerprint density at radius 3 is 2.73 bits per heavy atom. The third kappa shape index (κ3) is 4.10. The number of nitrogens with one attached hydrogen (secondary N) is 3. The van der Waals surface area contributed by atoms with Crippen LogP contribution in [-0.4, -0.2) is 34.1 Å². The minimum absolute atomic E-state index is 0.108. The van der Waals surface area contributed by atoms with E-state index in [0.717, 1.165) is 51.1 Å². The molecule has 0 radical (unpaired) electrons. The number of anilines is 1. The Balaban J connectivity index is 1.28. The Bertz CT molecular complexity index is 2350. The molecule has 3 aromatic carbocycles. The van der Waals surface area contributed by atoms with Gasteiger partial charge in [-0.3, -0.25) is 9.59 Å². The van der Waals surface area contributed by atoms with Crippen LogP contribution in [0.2, 0.25) is 0 Å². The highest BCUT2D eigenvalue weighted by Crippen LogP contribution is 2.61. The number of oxazole rings is 2. The number of benzene rings is 3. The van der Waals surface area contributed by atoms with Crippen LogP contribution in [0.1, 0.15) is 85.4 Å². The van der Waals surface area contributed by atoms with Crippen molar-refractivity contribution in [1.82, 2.24) is 20.6 Å². The molecule has 2 aromatic heterocycles. The summed E-state index contributed by atoms with van der Waals surface area (Å²) >= 11 is 0. The zero-order valence-corrected chi connectivity index (χ0v) is 28.8. The van der Waals surface area contributed by atoms with E-state index in [1.54, 1.807) is 6.20 Å². The van der Waals surface area contributed by atoms with Crippen molar-refractivity contribution < 1.29 is 23.2 Å². The van der Waals surface area contributed by atoms with Gasteiger partial charge in [0.25, 0.3) is 0 Å². The van der Waals surface area contributed by atoms with E-state index in [1.807, 2.05) is 39.8 Å². The average Bonchev–Trinajstić information content (AvgIpc) is 3.95. The maximum Gasteiger partial charge on any atom is 0.249 e. The largest absolute Gasteiger partial charge is 0.469 e. The van der Waals surface area contributed by atoms with E-state index >= 15 is 0 Å². The van der Waals surface area contributed by atoms with Gasteiger partial charge in [0.2, 0.25) is 23.6 Å². The minimum Gasteiger partial charge on any atom is -0.469 e. The maximum atomic E-state index is 14.1. The number of aromatic nitrogens is 2. The molecule has 1 spiro atoms. The number of hydrogen-bond acceptors (Lipinski definition) is 8. The molecule has 10 nitrogen and oxygen atoms in total. The van der Waals surface area contributed by atoms with Crippen molar-refractivity contribution in [3.8, 4) is 28.5 Å². The standard InChI is InChI=1S/C41H37N5O5/c1-5-20(4)36(47)43-28-17-21-12-15-29-27(16-21)41-26-11-7-10-24(33(26)46-40(41)50-29)23-9-6-8-22-13-14-25(31(22)23)30-18-42-38(49-30)34-35(41)51-39(45-34)32(19(2)3)44-37(28)48/h6-12,14-16,18-20,28,32,40,46H,5,13,17H2,1-4H3,(H,43,47)(H,44,48)/t20-,28?,32-,40-,41?/m0/s1. The Morgan fingerprint density at radius 2 is 1.88 bits per heavy atom. The number of nitrogens with zero attached hydrogens (tertiary/aromatic N) is 2. The molecule has 5 atom stereocenters. The molecule has 4 aliphatic heterocycles. The summed E-state index contributed by atoms with van der Waals surface area (Å²) in [6.45, 7) is 7.86. The summed E-state index contributed by atoms with van der Waals surface area (Å²) in [5, 5.41) is 10.1. The van der Waals surface area contributed by atoms with E-state index in [2.05, 4.69) is 64.5 Å². The summed E-state index contributed by atoms with van der Waals surface area (Å²) < 4.78 is 20.5. The van der Waals surface area contributed by atoms with E-state index in [-0.39, 0.29) is 23.7 Å². The van der Waals surface area contributed by atoms with Crippen LogP contribution in [0.25, 0.3) is 28.3 Å². The third-order valence-electron chi connectivity index (χ3n) is 11.4. The summed E-state index contributed by atoms with van der Waals surface area (Å²) in [6.07, 6.45) is 5.12. The number of fused-ring (bicyclic) bond motifs is 7. The lowest BCUT2D eigenvalue weighted by atomic mass is 9.72. The van der Waals surface area contributed by atoms with Gasteiger partial charge in [0, 0.05) is 40.3 Å².